The van der Waals surface area contributed by atoms with Crippen molar-refractivity contribution in [2.45, 2.75) is 46.0 Å². The van der Waals surface area contributed by atoms with Gasteiger partial charge in [0.05, 0.1) is 6.54 Å². The molecular formula is C12H25NO4. The zero-order valence-corrected chi connectivity index (χ0v) is 11.5. The Kier molecular flexibility index (Phi) is 8.12. The Balaban J connectivity index is 4.19. The molecule has 0 aliphatic heterocycles. The minimum atomic E-state index is -0.789. The van der Waals surface area contributed by atoms with Gasteiger partial charge in [0.15, 0.2) is 6.29 Å². The Hall–Kier alpha value is -0.650. The van der Waals surface area contributed by atoms with Gasteiger partial charge in [-0.25, -0.2) is 0 Å². The van der Waals surface area contributed by atoms with Crippen molar-refractivity contribution in [3.05, 3.63) is 0 Å². The summed E-state index contributed by atoms with van der Waals surface area (Å²) in [5, 5.41) is 2.78. The van der Waals surface area contributed by atoms with E-state index in [-0.39, 0.29) is 5.91 Å². The summed E-state index contributed by atoms with van der Waals surface area (Å²) in [5.41, 5.74) is -0.789. The van der Waals surface area contributed by atoms with Crippen LogP contribution in [0.25, 0.3) is 0 Å². The van der Waals surface area contributed by atoms with Crippen molar-refractivity contribution in [1.29, 1.82) is 0 Å². The largest absolute Gasteiger partial charge is 0.369 e. The molecule has 0 rings (SSSR count). The van der Waals surface area contributed by atoms with Crippen molar-refractivity contribution < 1.29 is 19.0 Å². The molecule has 0 heterocycles. The number of hydrogen-bond acceptors (Lipinski definition) is 4. The lowest BCUT2D eigenvalue weighted by Crippen LogP contribution is -2.48. The second-order valence-electron chi connectivity index (χ2n) is 3.84. The van der Waals surface area contributed by atoms with Crippen molar-refractivity contribution in [2.75, 3.05) is 26.9 Å². The summed E-state index contributed by atoms with van der Waals surface area (Å²) >= 11 is 0. The molecule has 0 spiro atoms. The molecule has 0 saturated heterocycles. The molecule has 0 aromatic rings. The molecule has 5 nitrogen and oxygen atoms in total. The van der Waals surface area contributed by atoms with Crippen molar-refractivity contribution in [3.8, 4) is 0 Å². The van der Waals surface area contributed by atoms with E-state index in [1.165, 1.54) is 7.11 Å². The van der Waals surface area contributed by atoms with Gasteiger partial charge in [-0.2, -0.15) is 0 Å². The van der Waals surface area contributed by atoms with Gasteiger partial charge in [0, 0.05) is 20.3 Å². The lowest BCUT2D eigenvalue weighted by Gasteiger charge is -2.26. The highest BCUT2D eigenvalue weighted by atomic mass is 16.7. The summed E-state index contributed by atoms with van der Waals surface area (Å²) in [7, 11) is 1.53. The zero-order valence-electron chi connectivity index (χ0n) is 11.5. The average molecular weight is 247 g/mol. The molecule has 1 unspecified atom stereocenters. The van der Waals surface area contributed by atoms with Crippen LogP contribution in [0.5, 0.6) is 0 Å². The van der Waals surface area contributed by atoms with Crippen LogP contribution in [0.3, 0.4) is 0 Å². The van der Waals surface area contributed by atoms with E-state index in [9.17, 15) is 4.79 Å². The van der Waals surface area contributed by atoms with Gasteiger partial charge in [-0.05, 0) is 27.2 Å². The van der Waals surface area contributed by atoms with Crippen LogP contribution >= 0.6 is 0 Å². The summed E-state index contributed by atoms with van der Waals surface area (Å²) in [6.45, 7) is 8.88. The van der Waals surface area contributed by atoms with Gasteiger partial charge in [0.2, 0.25) is 0 Å². The van der Waals surface area contributed by atoms with Crippen LogP contribution in [-0.4, -0.2) is 44.7 Å². The van der Waals surface area contributed by atoms with E-state index in [0.29, 0.717) is 26.2 Å². The summed E-state index contributed by atoms with van der Waals surface area (Å²) in [6, 6.07) is 0. The lowest BCUT2D eigenvalue weighted by molar-refractivity contribution is -0.151. The number of ether oxygens (including phenoxy) is 3. The normalized spacial score (nSPS) is 14.7. The van der Waals surface area contributed by atoms with E-state index >= 15 is 0 Å². The molecule has 0 bridgehead atoms. The number of amides is 1. The monoisotopic (exact) mass is 247 g/mol. The fraction of sp³-hybridized carbons (Fsp3) is 0.917. The second kappa shape index (κ2) is 8.44. The molecule has 1 amide bonds. The summed E-state index contributed by atoms with van der Waals surface area (Å²) in [6.07, 6.45) is 0.218. The Bertz CT molecular complexity index is 211. The van der Waals surface area contributed by atoms with E-state index in [1.807, 2.05) is 20.8 Å². The Labute approximate surface area is 104 Å². The van der Waals surface area contributed by atoms with Gasteiger partial charge in [0.25, 0.3) is 5.91 Å². The van der Waals surface area contributed by atoms with E-state index in [2.05, 4.69) is 5.32 Å². The van der Waals surface area contributed by atoms with Crippen LogP contribution in [0, 0.1) is 0 Å². The topological polar surface area (TPSA) is 56.8 Å². The second-order valence-corrected chi connectivity index (χ2v) is 3.84. The fourth-order valence-corrected chi connectivity index (χ4v) is 1.30. The van der Waals surface area contributed by atoms with Crippen LogP contribution in [-0.2, 0) is 19.0 Å². The standard InChI is InChI=1S/C12H25NO4/c1-6-12(4,15-5)11(14)13-9-10(16-7-2)17-8-3/h10H,6-9H2,1-5H3,(H,13,14). The SMILES string of the molecule is CCOC(CNC(=O)C(C)(CC)OC)OCC. The van der Waals surface area contributed by atoms with E-state index in [0.717, 1.165) is 0 Å². The minimum absolute atomic E-state index is 0.146. The fourth-order valence-electron chi connectivity index (χ4n) is 1.30. The van der Waals surface area contributed by atoms with Crippen LogP contribution in [0.1, 0.15) is 34.1 Å². The summed E-state index contributed by atoms with van der Waals surface area (Å²) in [4.78, 5) is 11.9. The number of hydrogen-bond donors (Lipinski definition) is 1. The third kappa shape index (κ3) is 5.48. The van der Waals surface area contributed by atoms with Crippen molar-refractivity contribution >= 4 is 5.91 Å². The third-order valence-corrected chi connectivity index (χ3v) is 2.74. The molecule has 1 N–H and O–H groups in total. The molecule has 5 heteroatoms. The molecule has 0 radical (unpaired) electrons. The highest BCUT2D eigenvalue weighted by molar-refractivity contribution is 5.84. The van der Waals surface area contributed by atoms with E-state index in [4.69, 9.17) is 14.2 Å². The molecule has 0 aliphatic carbocycles. The predicted octanol–water partition coefficient (Wildman–Crippen LogP) is 1.32. The minimum Gasteiger partial charge on any atom is -0.369 e. The summed E-state index contributed by atoms with van der Waals surface area (Å²) < 4.78 is 15.9. The lowest BCUT2D eigenvalue weighted by atomic mass is 10.0. The zero-order chi connectivity index (χ0) is 13.3. The van der Waals surface area contributed by atoms with Crippen molar-refractivity contribution in [3.63, 3.8) is 0 Å². The Morgan fingerprint density at radius 3 is 2.12 bits per heavy atom. The molecule has 0 fully saturated rings. The van der Waals surface area contributed by atoms with Crippen LogP contribution < -0.4 is 5.32 Å². The Morgan fingerprint density at radius 1 is 1.24 bits per heavy atom. The first-order valence-electron chi connectivity index (χ1n) is 6.10. The number of carbonyl (C=O) groups excluding carboxylic acids is 1. The molecule has 1 atom stereocenters. The van der Waals surface area contributed by atoms with Gasteiger partial charge in [-0.15, -0.1) is 0 Å². The third-order valence-electron chi connectivity index (χ3n) is 2.74. The van der Waals surface area contributed by atoms with E-state index < -0.39 is 11.9 Å². The molecule has 0 saturated carbocycles. The number of methoxy groups -OCH3 is 1. The van der Waals surface area contributed by atoms with Crippen LogP contribution in [0.4, 0.5) is 0 Å². The predicted molar refractivity (Wildman–Crippen MR) is 65.8 cm³/mol. The smallest absolute Gasteiger partial charge is 0.252 e. The Morgan fingerprint density at radius 2 is 1.76 bits per heavy atom. The van der Waals surface area contributed by atoms with Crippen molar-refractivity contribution in [1.82, 2.24) is 5.32 Å². The molecule has 0 aromatic carbocycles. The van der Waals surface area contributed by atoms with Gasteiger partial charge in [-0.3, -0.25) is 4.79 Å². The average Bonchev–Trinajstić information content (AvgIpc) is 2.35. The van der Waals surface area contributed by atoms with Crippen LogP contribution in [0.2, 0.25) is 0 Å². The van der Waals surface area contributed by atoms with Crippen molar-refractivity contribution in [2.24, 2.45) is 0 Å². The maximum absolute atomic E-state index is 11.9. The molecule has 0 aromatic heterocycles. The van der Waals surface area contributed by atoms with Gasteiger partial charge < -0.3 is 19.5 Å². The maximum atomic E-state index is 11.9. The molecule has 17 heavy (non-hydrogen) atoms. The molecule has 102 valence electrons. The first-order valence-corrected chi connectivity index (χ1v) is 6.10. The van der Waals surface area contributed by atoms with Gasteiger partial charge in [0.1, 0.15) is 5.60 Å². The van der Waals surface area contributed by atoms with Gasteiger partial charge >= 0.3 is 0 Å². The number of carbonyl (C=O) groups is 1. The van der Waals surface area contributed by atoms with Gasteiger partial charge in [-0.1, -0.05) is 6.92 Å². The van der Waals surface area contributed by atoms with E-state index in [1.54, 1.807) is 6.92 Å². The first-order chi connectivity index (χ1) is 8.03. The molecule has 0 aliphatic rings. The highest BCUT2D eigenvalue weighted by Gasteiger charge is 2.31. The maximum Gasteiger partial charge on any atom is 0.252 e. The first kappa shape index (κ1) is 16.4. The molecular weight excluding hydrogens is 222 g/mol. The quantitative estimate of drug-likeness (QED) is 0.624. The highest BCUT2D eigenvalue weighted by Crippen LogP contribution is 2.13. The number of rotatable bonds is 9. The van der Waals surface area contributed by atoms with Crippen LogP contribution in [0.15, 0.2) is 0 Å². The summed E-state index contributed by atoms with van der Waals surface area (Å²) in [5.74, 6) is -0.146. The number of nitrogens with one attached hydrogen (secondary N) is 1.